The molecule has 0 saturated carbocycles. The van der Waals surface area contributed by atoms with Gasteiger partial charge in [-0.25, -0.2) is 0 Å². The lowest BCUT2D eigenvalue weighted by Gasteiger charge is -2.08. The minimum atomic E-state index is -0.532. The Hall–Kier alpha value is -0.610. The summed E-state index contributed by atoms with van der Waals surface area (Å²) in [6.07, 6.45) is 2.17. The molecule has 1 N–H and O–H groups in total. The quantitative estimate of drug-likeness (QED) is 0.550. The molecule has 92 valence electrons. The van der Waals surface area contributed by atoms with Crippen LogP contribution in [0.5, 0.6) is 0 Å². The number of carbonyl (C=O) groups is 1. The fourth-order valence-corrected chi connectivity index (χ4v) is 0.787. The van der Waals surface area contributed by atoms with Gasteiger partial charge in [-0.2, -0.15) is 0 Å². The number of hydrogen-bond donors (Lipinski definition) is 1. The molecule has 1 unspecified atom stereocenters. The number of hydrogen-bond acceptors (Lipinski definition) is 4. The molecule has 0 aliphatic carbocycles. The highest BCUT2D eigenvalue weighted by Gasteiger charge is 1.98. The second kappa shape index (κ2) is 13.4. The van der Waals surface area contributed by atoms with Crippen molar-refractivity contribution in [3.8, 4) is 0 Å². The van der Waals surface area contributed by atoms with E-state index in [2.05, 4.69) is 4.74 Å². The van der Waals surface area contributed by atoms with E-state index in [1.165, 1.54) is 6.92 Å². The van der Waals surface area contributed by atoms with Crippen LogP contribution in [0.15, 0.2) is 0 Å². The van der Waals surface area contributed by atoms with Gasteiger partial charge in [0.1, 0.15) is 0 Å². The molecule has 0 bridgehead atoms. The summed E-state index contributed by atoms with van der Waals surface area (Å²) < 4.78 is 9.39. The van der Waals surface area contributed by atoms with E-state index in [-0.39, 0.29) is 5.97 Å². The van der Waals surface area contributed by atoms with E-state index in [0.29, 0.717) is 13.2 Å². The SMILES string of the molecule is CCCOC(O)CCC.CCOC(C)=O. The van der Waals surface area contributed by atoms with Gasteiger partial charge in [0.15, 0.2) is 6.29 Å². The highest BCUT2D eigenvalue weighted by atomic mass is 16.6. The summed E-state index contributed by atoms with van der Waals surface area (Å²) in [5.74, 6) is -0.211. The van der Waals surface area contributed by atoms with Gasteiger partial charge < -0.3 is 14.6 Å². The molecular formula is C11H24O4. The van der Waals surface area contributed by atoms with Crippen LogP contribution in [-0.4, -0.2) is 30.6 Å². The third kappa shape index (κ3) is 19.7. The summed E-state index contributed by atoms with van der Waals surface area (Å²) in [5, 5.41) is 8.96. The Morgan fingerprint density at radius 3 is 2.13 bits per heavy atom. The van der Waals surface area contributed by atoms with E-state index < -0.39 is 6.29 Å². The van der Waals surface area contributed by atoms with Crippen LogP contribution >= 0.6 is 0 Å². The third-order valence-electron chi connectivity index (χ3n) is 1.40. The van der Waals surface area contributed by atoms with E-state index in [0.717, 1.165) is 19.3 Å². The molecule has 0 amide bonds. The molecule has 0 aromatic carbocycles. The van der Waals surface area contributed by atoms with Crippen LogP contribution in [-0.2, 0) is 14.3 Å². The zero-order chi connectivity index (χ0) is 12.1. The highest BCUT2D eigenvalue weighted by molar-refractivity contribution is 5.65. The van der Waals surface area contributed by atoms with Crippen molar-refractivity contribution in [3.63, 3.8) is 0 Å². The molecule has 0 radical (unpaired) electrons. The second-order valence-electron chi connectivity index (χ2n) is 3.04. The second-order valence-corrected chi connectivity index (χ2v) is 3.04. The molecule has 0 spiro atoms. The van der Waals surface area contributed by atoms with Crippen LogP contribution in [0.25, 0.3) is 0 Å². The Kier molecular flexibility index (Phi) is 15.0. The van der Waals surface area contributed by atoms with Crippen molar-refractivity contribution in [1.29, 1.82) is 0 Å². The molecule has 15 heavy (non-hydrogen) atoms. The summed E-state index contributed by atoms with van der Waals surface area (Å²) in [5.41, 5.74) is 0. The molecule has 0 aromatic heterocycles. The van der Waals surface area contributed by atoms with Crippen molar-refractivity contribution in [1.82, 2.24) is 0 Å². The summed E-state index contributed by atoms with van der Waals surface area (Å²) in [6.45, 7) is 8.37. The molecule has 0 rings (SSSR count). The smallest absolute Gasteiger partial charge is 0.302 e. The summed E-state index contributed by atoms with van der Waals surface area (Å²) >= 11 is 0. The first-order chi connectivity index (χ1) is 7.08. The van der Waals surface area contributed by atoms with Crippen LogP contribution in [0.3, 0.4) is 0 Å². The summed E-state index contributed by atoms with van der Waals surface area (Å²) in [6, 6.07) is 0. The molecule has 0 fully saturated rings. The Bertz CT molecular complexity index is 137. The first-order valence-electron chi connectivity index (χ1n) is 5.51. The monoisotopic (exact) mass is 220 g/mol. The zero-order valence-corrected chi connectivity index (χ0v) is 10.3. The van der Waals surface area contributed by atoms with Crippen molar-refractivity contribution in [2.75, 3.05) is 13.2 Å². The van der Waals surface area contributed by atoms with Crippen LogP contribution in [0.2, 0.25) is 0 Å². The summed E-state index contributed by atoms with van der Waals surface area (Å²) in [7, 11) is 0. The summed E-state index contributed by atoms with van der Waals surface area (Å²) in [4.78, 5) is 9.82. The molecule has 0 aromatic rings. The Morgan fingerprint density at radius 1 is 1.27 bits per heavy atom. The van der Waals surface area contributed by atoms with E-state index in [9.17, 15) is 4.79 Å². The average Bonchev–Trinajstić information content (AvgIpc) is 2.16. The molecule has 0 saturated heterocycles. The van der Waals surface area contributed by atoms with Gasteiger partial charge >= 0.3 is 5.97 Å². The van der Waals surface area contributed by atoms with Gasteiger partial charge in [0.05, 0.1) is 6.61 Å². The molecule has 4 heteroatoms. The number of ether oxygens (including phenoxy) is 2. The van der Waals surface area contributed by atoms with Gasteiger partial charge in [0.25, 0.3) is 0 Å². The van der Waals surface area contributed by atoms with Crippen LogP contribution in [0, 0.1) is 0 Å². The lowest BCUT2D eigenvalue weighted by Crippen LogP contribution is -2.11. The van der Waals surface area contributed by atoms with Gasteiger partial charge in [0, 0.05) is 13.5 Å². The van der Waals surface area contributed by atoms with E-state index in [4.69, 9.17) is 9.84 Å². The van der Waals surface area contributed by atoms with Crippen molar-refractivity contribution in [3.05, 3.63) is 0 Å². The fourth-order valence-electron chi connectivity index (χ4n) is 0.787. The van der Waals surface area contributed by atoms with Gasteiger partial charge in [0.2, 0.25) is 0 Å². The average molecular weight is 220 g/mol. The number of carbonyl (C=O) groups excluding carboxylic acids is 1. The lowest BCUT2D eigenvalue weighted by atomic mass is 10.3. The van der Waals surface area contributed by atoms with Gasteiger partial charge in [-0.15, -0.1) is 0 Å². The normalized spacial score (nSPS) is 11.3. The Labute approximate surface area is 92.6 Å². The van der Waals surface area contributed by atoms with Crippen molar-refractivity contribution in [2.45, 2.75) is 53.2 Å². The minimum absolute atomic E-state index is 0.211. The molecule has 0 aliphatic heterocycles. The Morgan fingerprint density at radius 2 is 1.87 bits per heavy atom. The number of esters is 1. The standard InChI is InChI=1S/C7H16O2.C4H8O2/c1-3-5-7(8)9-6-4-2;1-3-6-4(2)5/h7-8H,3-6H2,1-2H3;3H2,1-2H3. The topological polar surface area (TPSA) is 55.8 Å². The third-order valence-corrected chi connectivity index (χ3v) is 1.40. The maximum atomic E-state index is 9.82. The predicted molar refractivity (Wildman–Crippen MR) is 59.5 cm³/mol. The van der Waals surface area contributed by atoms with Crippen LogP contribution in [0.1, 0.15) is 47.0 Å². The van der Waals surface area contributed by atoms with Gasteiger partial charge in [-0.3, -0.25) is 4.79 Å². The van der Waals surface area contributed by atoms with Crippen molar-refractivity contribution >= 4 is 5.97 Å². The van der Waals surface area contributed by atoms with Gasteiger partial charge in [-0.05, 0) is 19.8 Å². The van der Waals surface area contributed by atoms with Gasteiger partial charge in [-0.1, -0.05) is 20.3 Å². The Balaban J connectivity index is 0. The maximum absolute atomic E-state index is 9.82. The highest BCUT2D eigenvalue weighted by Crippen LogP contribution is 1.97. The number of rotatable bonds is 6. The lowest BCUT2D eigenvalue weighted by molar-refractivity contribution is -0.140. The predicted octanol–water partition coefficient (Wildman–Crippen LogP) is 2.10. The zero-order valence-electron chi connectivity index (χ0n) is 10.3. The van der Waals surface area contributed by atoms with E-state index in [1.807, 2.05) is 13.8 Å². The van der Waals surface area contributed by atoms with Crippen LogP contribution < -0.4 is 0 Å². The first kappa shape index (κ1) is 16.8. The molecule has 0 aliphatic rings. The molecular weight excluding hydrogens is 196 g/mol. The van der Waals surface area contributed by atoms with Crippen molar-refractivity contribution < 1.29 is 19.4 Å². The first-order valence-corrected chi connectivity index (χ1v) is 5.51. The van der Waals surface area contributed by atoms with Crippen molar-refractivity contribution in [2.24, 2.45) is 0 Å². The van der Waals surface area contributed by atoms with E-state index >= 15 is 0 Å². The molecule has 0 heterocycles. The number of aliphatic hydroxyl groups excluding tert-OH is 1. The van der Waals surface area contributed by atoms with E-state index in [1.54, 1.807) is 6.92 Å². The molecule has 4 nitrogen and oxygen atoms in total. The largest absolute Gasteiger partial charge is 0.466 e. The fraction of sp³-hybridized carbons (Fsp3) is 0.909. The minimum Gasteiger partial charge on any atom is -0.466 e. The maximum Gasteiger partial charge on any atom is 0.302 e. The molecule has 1 atom stereocenters. The number of aliphatic hydroxyl groups is 1. The van der Waals surface area contributed by atoms with Crippen LogP contribution in [0.4, 0.5) is 0 Å².